The van der Waals surface area contributed by atoms with E-state index in [2.05, 4.69) is 10.3 Å². The molecule has 0 unspecified atom stereocenters. The first kappa shape index (κ1) is 15.0. The zero-order chi connectivity index (χ0) is 15.7. The van der Waals surface area contributed by atoms with E-state index >= 15 is 0 Å². The van der Waals surface area contributed by atoms with Gasteiger partial charge in [-0.25, -0.2) is 9.78 Å². The third-order valence-electron chi connectivity index (χ3n) is 3.99. The number of carbonyl (C=O) groups excluding carboxylic acids is 3. The lowest BCUT2D eigenvalue weighted by Crippen LogP contribution is -2.46. The van der Waals surface area contributed by atoms with E-state index < -0.39 is 6.03 Å². The number of imide groups is 1. The van der Waals surface area contributed by atoms with Gasteiger partial charge in [-0.3, -0.25) is 14.5 Å². The molecule has 1 aromatic heterocycles. The molecule has 3 heterocycles. The van der Waals surface area contributed by atoms with Crippen molar-refractivity contribution in [3.05, 3.63) is 16.1 Å². The molecule has 2 saturated heterocycles. The zero-order valence-electron chi connectivity index (χ0n) is 12.4. The molecule has 1 N–H and O–H groups in total. The molecule has 2 fully saturated rings. The van der Waals surface area contributed by atoms with Gasteiger partial charge in [0.25, 0.3) is 5.91 Å². The fourth-order valence-electron chi connectivity index (χ4n) is 2.82. The highest BCUT2D eigenvalue weighted by molar-refractivity contribution is 7.09. The lowest BCUT2D eigenvalue weighted by atomic mass is 9.98. The minimum Gasteiger partial charge on any atom is -0.340 e. The van der Waals surface area contributed by atoms with Gasteiger partial charge in [0, 0.05) is 30.1 Å². The molecule has 1 aromatic rings. The van der Waals surface area contributed by atoms with Crippen LogP contribution in [0.25, 0.3) is 0 Å². The summed E-state index contributed by atoms with van der Waals surface area (Å²) in [7, 11) is 0. The van der Waals surface area contributed by atoms with Crippen LogP contribution in [0.2, 0.25) is 0 Å². The number of piperidine rings is 1. The summed E-state index contributed by atoms with van der Waals surface area (Å²) in [6, 6.07) is -0.484. The van der Waals surface area contributed by atoms with E-state index in [4.69, 9.17) is 0 Å². The highest BCUT2D eigenvalue weighted by Gasteiger charge is 2.33. The molecule has 3 rings (SSSR count). The minimum absolute atomic E-state index is 0.0207. The number of aromatic nitrogens is 1. The molecule has 2 aliphatic heterocycles. The van der Waals surface area contributed by atoms with Gasteiger partial charge in [0.15, 0.2) is 0 Å². The smallest absolute Gasteiger partial charge is 0.325 e. The van der Waals surface area contributed by atoms with Gasteiger partial charge < -0.3 is 10.2 Å². The van der Waals surface area contributed by atoms with Crippen LogP contribution in [0.1, 0.15) is 29.5 Å². The number of rotatable bonds is 3. The Kier molecular flexibility index (Phi) is 4.10. The average molecular weight is 322 g/mol. The van der Waals surface area contributed by atoms with Crippen LogP contribution in [0.5, 0.6) is 0 Å². The molecular formula is C14H18N4O3S. The van der Waals surface area contributed by atoms with Crippen molar-refractivity contribution in [1.82, 2.24) is 20.1 Å². The van der Waals surface area contributed by atoms with Crippen LogP contribution >= 0.6 is 11.3 Å². The number of likely N-dealkylation sites (tertiary alicyclic amines) is 1. The zero-order valence-corrected chi connectivity index (χ0v) is 13.2. The highest BCUT2D eigenvalue weighted by atomic mass is 32.1. The Labute approximate surface area is 132 Å². The fourth-order valence-corrected chi connectivity index (χ4v) is 3.74. The maximum atomic E-state index is 12.4. The van der Waals surface area contributed by atoms with Crippen molar-refractivity contribution < 1.29 is 14.4 Å². The summed E-state index contributed by atoms with van der Waals surface area (Å²) < 4.78 is 0. The van der Waals surface area contributed by atoms with Crippen LogP contribution in [0.15, 0.2) is 5.38 Å². The molecule has 1 atom stereocenters. The Morgan fingerprint density at radius 2 is 2.32 bits per heavy atom. The Morgan fingerprint density at radius 1 is 1.50 bits per heavy atom. The van der Waals surface area contributed by atoms with Crippen LogP contribution < -0.4 is 5.32 Å². The number of aryl methyl sites for hydroxylation is 1. The molecule has 118 valence electrons. The number of nitrogens with zero attached hydrogens (tertiary/aromatic N) is 3. The van der Waals surface area contributed by atoms with Crippen LogP contribution in [-0.2, 0) is 9.59 Å². The second kappa shape index (κ2) is 6.04. The number of hydrogen-bond donors (Lipinski definition) is 1. The Balaban J connectivity index is 1.63. The number of amides is 4. The first-order chi connectivity index (χ1) is 10.5. The number of carbonyl (C=O) groups is 3. The van der Waals surface area contributed by atoms with Crippen molar-refractivity contribution in [1.29, 1.82) is 0 Å². The summed E-state index contributed by atoms with van der Waals surface area (Å²) in [5.41, 5.74) is 1.00. The maximum absolute atomic E-state index is 12.4. The van der Waals surface area contributed by atoms with E-state index in [9.17, 15) is 14.4 Å². The molecule has 2 aliphatic rings. The molecule has 8 heteroatoms. The van der Waals surface area contributed by atoms with Gasteiger partial charge in [0.2, 0.25) is 5.91 Å². The van der Waals surface area contributed by atoms with E-state index in [1.54, 1.807) is 16.2 Å². The van der Waals surface area contributed by atoms with Gasteiger partial charge in [0.05, 0.1) is 11.6 Å². The van der Waals surface area contributed by atoms with Gasteiger partial charge >= 0.3 is 6.03 Å². The standard InChI is InChI=1S/C14H18N4O3S/c1-9-8-22-13(16-9)10-3-2-4-17(6-10)12(20)7-18-11(19)5-15-14(18)21/h8,10H,2-7H2,1H3,(H,15,21)/t10-/m0/s1. The van der Waals surface area contributed by atoms with E-state index in [0.717, 1.165) is 28.4 Å². The Hall–Kier alpha value is -1.96. The van der Waals surface area contributed by atoms with Crippen LogP contribution in [0.4, 0.5) is 4.79 Å². The van der Waals surface area contributed by atoms with Crippen molar-refractivity contribution >= 4 is 29.2 Å². The molecule has 0 spiro atoms. The van der Waals surface area contributed by atoms with E-state index in [-0.39, 0.29) is 30.8 Å². The third-order valence-corrected chi connectivity index (χ3v) is 5.12. The first-order valence-electron chi connectivity index (χ1n) is 7.32. The molecule has 22 heavy (non-hydrogen) atoms. The molecule has 0 aliphatic carbocycles. The average Bonchev–Trinajstić information content (AvgIpc) is 3.08. The highest BCUT2D eigenvalue weighted by Crippen LogP contribution is 2.29. The predicted molar refractivity (Wildman–Crippen MR) is 80.5 cm³/mol. The van der Waals surface area contributed by atoms with Gasteiger partial charge in [-0.2, -0.15) is 0 Å². The van der Waals surface area contributed by atoms with E-state index in [0.29, 0.717) is 13.1 Å². The predicted octanol–water partition coefficient (Wildman–Crippen LogP) is 0.709. The maximum Gasteiger partial charge on any atom is 0.325 e. The lowest BCUT2D eigenvalue weighted by Gasteiger charge is -2.32. The summed E-state index contributed by atoms with van der Waals surface area (Å²) in [4.78, 5) is 42.7. The molecule has 4 amide bonds. The van der Waals surface area contributed by atoms with Crippen molar-refractivity contribution in [2.24, 2.45) is 0 Å². The number of thiazole rings is 1. The van der Waals surface area contributed by atoms with Crippen molar-refractivity contribution in [3.63, 3.8) is 0 Å². The SMILES string of the molecule is Cc1csc([C@H]2CCCN(C(=O)CN3C(=O)CNC3=O)C2)n1. The quantitative estimate of drug-likeness (QED) is 0.831. The van der Waals surface area contributed by atoms with Crippen LogP contribution in [-0.4, -0.2) is 58.8 Å². The van der Waals surface area contributed by atoms with Crippen LogP contribution in [0.3, 0.4) is 0 Å². The third kappa shape index (κ3) is 2.96. The van der Waals surface area contributed by atoms with E-state index in [1.165, 1.54) is 0 Å². The lowest BCUT2D eigenvalue weighted by molar-refractivity contribution is -0.137. The summed E-state index contributed by atoms with van der Waals surface area (Å²) in [5, 5.41) is 5.50. The normalized spacial score (nSPS) is 22.1. The number of nitrogens with one attached hydrogen (secondary N) is 1. The minimum atomic E-state index is -0.484. The van der Waals surface area contributed by atoms with Crippen molar-refractivity contribution in [2.45, 2.75) is 25.7 Å². The molecule has 0 bridgehead atoms. The summed E-state index contributed by atoms with van der Waals surface area (Å²) >= 11 is 1.63. The van der Waals surface area contributed by atoms with Gasteiger partial charge in [-0.05, 0) is 19.8 Å². The van der Waals surface area contributed by atoms with Gasteiger partial charge in [-0.1, -0.05) is 0 Å². The second-order valence-electron chi connectivity index (χ2n) is 5.64. The molecule has 0 radical (unpaired) electrons. The Morgan fingerprint density at radius 3 is 2.95 bits per heavy atom. The number of hydrogen-bond acceptors (Lipinski definition) is 5. The summed E-state index contributed by atoms with van der Waals surface area (Å²) in [5.74, 6) is -0.273. The molecule has 0 aromatic carbocycles. The van der Waals surface area contributed by atoms with E-state index in [1.807, 2.05) is 12.3 Å². The molecule has 0 saturated carbocycles. The molecular weight excluding hydrogens is 304 g/mol. The fraction of sp³-hybridized carbons (Fsp3) is 0.571. The van der Waals surface area contributed by atoms with Crippen LogP contribution in [0, 0.1) is 6.92 Å². The largest absolute Gasteiger partial charge is 0.340 e. The van der Waals surface area contributed by atoms with Gasteiger partial charge in [0.1, 0.15) is 6.54 Å². The van der Waals surface area contributed by atoms with Gasteiger partial charge in [-0.15, -0.1) is 11.3 Å². The van der Waals surface area contributed by atoms with Crippen molar-refractivity contribution in [3.8, 4) is 0 Å². The van der Waals surface area contributed by atoms with Crippen molar-refractivity contribution in [2.75, 3.05) is 26.2 Å². The molecule has 7 nitrogen and oxygen atoms in total. The first-order valence-corrected chi connectivity index (χ1v) is 8.20. The monoisotopic (exact) mass is 322 g/mol. The Bertz CT molecular complexity index is 599. The summed E-state index contributed by atoms with van der Waals surface area (Å²) in [6.45, 7) is 3.05. The summed E-state index contributed by atoms with van der Waals surface area (Å²) in [6.07, 6.45) is 1.93. The topological polar surface area (TPSA) is 82.6 Å². The second-order valence-corrected chi connectivity index (χ2v) is 6.53. The number of urea groups is 1.